The summed E-state index contributed by atoms with van der Waals surface area (Å²) in [7, 11) is 1.66. The molecule has 3 rings (SSSR count). The fraction of sp³-hybridized carbons (Fsp3) is 0.412. The molecule has 1 heterocycles. The lowest BCUT2D eigenvalue weighted by Crippen LogP contribution is -2.27. The Hall–Kier alpha value is -2.30. The van der Waals surface area contributed by atoms with Crippen LogP contribution in [0.25, 0.3) is 0 Å². The molecular weight excluding hydrogens is 278 g/mol. The first-order valence-electron chi connectivity index (χ1n) is 7.65. The molecule has 1 aromatic carbocycles. The monoisotopic (exact) mass is 299 g/mol. The van der Waals surface area contributed by atoms with Crippen LogP contribution in [0.4, 0.5) is 0 Å². The molecule has 0 bridgehead atoms. The summed E-state index contributed by atoms with van der Waals surface area (Å²) >= 11 is 0. The Morgan fingerprint density at radius 3 is 2.91 bits per heavy atom. The SMILES string of the molecule is COc1ccc(C2CC2C(=O)NCCCn2ccnc2)cc1. The van der Waals surface area contributed by atoms with Gasteiger partial charge in [0.05, 0.1) is 13.4 Å². The Morgan fingerprint density at radius 2 is 2.23 bits per heavy atom. The quantitative estimate of drug-likeness (QED) is 0.797. The van der Waals surface area contributed by atoms with Gasteiger partial charge in [-0.3, -0.25) is 4.79 Å². The van der Waals surface area contributed by atoms with Crippen molar-refractivity contribution in [2.75, 3.05) is 13.7 Å². The van der Waals surface area contributed by atoms with Gasteiger partial charge in [-0.15, -0.1) is 0 Å². The second-order valence-electron chi connectivity index (χ2n) is 5.67. The van der Waals surface area contributed by atoms with Crippen molar-refractivity contribution in [2.24, 2.45) is 5.92 Å². The molecule has 5 heteroatoms. The zero-order valence-electron chi connectivity index (χ0n) is 12.7. The molecule has 0 spiro atoms. The van der Waals surface area contributed by atoms with Crippen molar-refractivity contribution in [3.05, 3.63) is 48.5 Å². The highest BCUT2D eigenvalue weighted by Gasteiger charge is 2.43. The normalized spacial score (nSPS) is 19.7. The number of ether oxygens (including phenoxy) is 1. The molecule has 116 valence electrons. The van der Waals surface area contributed by atoms with Gasteiger partial charge in [-0.25, -0.2) is 4.98 Å². The number of hydrogen-bond donors (Lipinski definition) is 1. The minimum atomic E-state index is 0.127. The van der Waals surface area contributed by atoms with Gasteiger partial charge in [-0.2, -0.15) is 0 Å². The minimum absolute atomic E-state index is 0.127. The average molecular weight is 299 g/mol. The van der Waals surface area contributed by atoms with Gasteiger partial charge >= 0.3 is 0 Å². The molecule has 0 radical (unpaired) electrons. The predicted molar refractivity (Wildman–Crippen MR) is 83.7 cm³/mol. The van der Waals surface area contributed by atoms with Crippen LogP contribution in [0.2, 0.25) is 0 Å². The lowest BCUT2D eigenvalue weighted by atomic mass is 10.1. The standard InChI is InChI=1S/C17H21N3O2/c1-22-14-5-3-13(4-6-14)15-11-16(15)17(21)19-7-2-9-20-10-8-18-12-20/h3-6,8,10,12,15-16H,2,7,9,11H2,1H3,(H,19,21). The summed E-state index contributed by atoms with van der Waals surface area (Å²) < 4.78 is 7.17. The summed E-state index contributed by atoms with van der Waals surface area (Å²) in [5.41, 5.74) is 1.22. The molecule has 22 heavy (non-hydrogen) atoms. The van der Waals surface area contributed by atoms with E-state index in [4.69, 9.17) is 4.74 Å². The zero-order chi connectivity index (χ0) is 15.4. The molecule has 2 unspecified atom stereocenters. The van der Waals surface area contributed by atoms with Crippen LogP contribution in [0.1, 0.15) is 24.3 Å². The third-order valence-corrected chi connectivity index (χ3v) is 4.12. The molecule has 2 atom stereocenters. The molecule has 1 aliphatic rings. The van der Waals surface area contributed by atoms with Gasteiger partial charge in [-0.1, -0.05) is 12.1 Å². The van der Waals surface area contributed by atoms with Crippen molar-refractivity contribution in [3.63, 3.8) is 0 Å². The number of nitrogens with zero attached hydrogens (tertiary/aromatic N) is 2. The van der Waals surface area contributed by atoms with Crippen LogP contribution in [0, 0.1) is 5.92 Å². The zero-order valence-corrected chi connectivity index (χ0v) is 12.7. The smallest absolute Gasteiger partial charge is 0.223 e. The number of aryl methyl sites for hydroxylation is 1. The number of amides is 1. The molecule has 1 fully saturated rings. The Bertz CT molecular complexity index is 607. The van der Waals surface area contributed by atoms with Crippen molar-refractivity contribution in [2.45, 2.75) is 25.3 Å². The van der Waals surface area contributed by atoms with E-state index in [-0.39, 0.29) is 11.8 Å². The summed E-state index contributed by atoms with van der Waals surface area (Å²) in [4.78, 5) is 16.1. The Balaban J connectivity index is 1.40. The second-order valence-corrected chi connectivity index (χ2v) is 5.67. The van der Waals surface area contributed by atoms with E-state index in [2.05, 4.69) is 22.4 Å². The number of carbonyl (C=O) groups excluding carboxylic acids is 1. The van der Waals surface area contributed by atoms with Gasteiger partial charge in [0.2, 0.25) is 5.91 Å². The second kappa shape index (κ2) is 6.64. The van der Waals surface area contributed by atoms with Crippen molar-refractivity contribution < 1.29 is 9.53 Å². The van der Waals surface area contributed by atoms with Crippen LogP contribution in [-0.4, -0.2) is 29.1 Å². The maximum Gasteiger partial charge on any atom is 0.223 e. The highest BCUT2D eigenvalue weighted by Crippen LogP contribution is 2.47. The Labute approximate surface area is 130 Å². The summed E-state index contributed by atoms with van der Waals surface area (Å²) in [5, 5.41) is 3.03. The van der Waals surface area contributed by atoms with Crippen molar-refractivity contribution >= 4 is 5.91 Å². The summed E-state index contributed by atoms with van der Waals surface area (Å²) in [5.74, 6) is 1.51. The number of hydrogen-bond acceptors (Lipinski definition) is 3. The summed E-state index contributed by atoms with van der Waals surface area (Å²) in [6.45, 7) is 1.59. The van der Waals surface area contributed by atoms with Crippen LogP contribution in [-0.2, 0) is 11.3 Å². The molecule has 0 aliphatic heterocycles. The van der Waals surface area contributed by atoms with E-state index in [1.165, 1.54) is 5.56 Å². The fourth-order valence-electron chi connectivity index (χ4n) is 2.73. The van der Waals surface area contributed by atoms with E-state index in [1.807, 2.05) is 22.9 Å². The number of nitrogens with one attached hydrogen (secondary N) is 1. The lowest BCUT2D eigenvalue weighted by molar-refractivity contribution is -0.122. The average Bonchev–Trinajstić information content (AvgIpc) is 3.19. The van der Waals surface area contributed by atoms with E-state index in [0.717, 1.165) is 25.1 Å². The Morgan fingerprint density at radius 1 is 1.41 bits per heavy atom. The summed E-state index contributed by atoms with van der Waals surface area (Å²) in [6.07, 6.45) is 7.36. The van der Waals surface area contributed by atoms with Crippen molar-refractivity contribution in [1.29, 1.82) is 0 Å². The molecule has 5 nitrogen and oxygen atoms in total. The first-order chi connectivity index (χ1) is 10.8. The van der Waals surface area contributed by atoms with Crippen LogP contribution < -0.4 is 10.1 Å². The van der Waals surface area contributed by atoms with Gasteiger partial charge < -0.3 is 14.6 Å². The van der Waals surface area contributed by atoms with E-state index >= 15 is 0 Å². The molecule has 1 N–H and O–H groups in total. The largest absolute Gasteiger partial charge is 0.497 e. The molecule has 1 saturated carbocycles. The van der Waals surface area contributed by atoms with Gasteiger partial charge in [-0.05, 0) is 36.5 Å². The van der Waals surface area contributed by atoms with E-state index in [9.17, 15) is 4.79 Å². The molecular formula is C17H21N3O2. The molecule has 1 aromatic heterocycles. The molecule has 1 aliphatic carbocycles. The van der Waals surface area contributed by atoms with Gasteiger partial charge in [0.1, 0.15) is 5.75 Å². The highest BCUT2D eigenvalue weighted by atomic mass is 16.5. The van der Waals surface area contributed by atoms with E-state index < -0.39 is 0 Å². The number of imidazole rings is 1. The minimum Gasteiger partial charge on any atom is -0.497 e. The topological polar surface area (TPSA) is 56.1 Å². The third-order valence-electron chi connectivity index (χ3n) is 4.12. The molecule has 2 aromatic rings. The number of rotatable bonds is 7. The molecule has 0 saturated heterocycles. The first-order valence-corrected chi connectivity index (χ1v) is 7.65. The van der Waals surface area contributed by atoms with Crippen LogP contribution in [0.5, 0.6) is 5.75 Å². The van der Waals surface area contributed by atoms with Crippen molar-refractivity contribution in [3.8, 4) is 5.75 Å². The summed E-state index contributed by atoms with van der Waals surface area (Å²) in [6, 6.07) is 8.01. The van der Waals surface area contributed by atoms with Crippen LogP contribution in [0.3, 0.4) is 0 Å². The van der Waals surface area contributed by atoms with Gasteiger partial charge in [0.15, 0.2) is 0 Å². The number of aromatic nitrogens is 2. The van der Waals surface area contributed by atoms with E-state index in [1.54, 1.807) is 19.6 Å². The lowest BCUT2D eigenvalue weighted by Gasteiger charge is -2.06. The first kappa shape index (κ1) is 14.6. The van der Waals surface area contributed by atoms with Crippen molar-refractivity contribution in [1.82, 2.24) is 14.9 Å². The van der Waals surface area contributed by atoms with Crippen LogP contribution in [0.15, 0.2) is 43.0 Å². The maximum absolute atomic E-state index is 12.1. The van der Waals surface area contributed by atoms with E-state index in [0.29, 0.717) is 12.5 Å². The molecule has 1 amide bonds. The highest BCUT2D eigenvalue weighted by molar-refractivity contribution is 5.82. The Kier molecular flexibility index (Phi) is 4.42. The number of carbonyl (C=O) groups is 1. The maximum atomic E-state index is 12.1. The fourth-order valence-corrected chi connectivity index (χ4v) is 2.73. The number of methoxy groups -OCH3 is 1. The van der Waals surface area contributed by atoms with Gasteiger partial charge in [0.25, 0.3) is 0 Å². The van der Waals surface area contributed by atoms with Crippen LogP contribution >= 0.6 is 0 Å². The third kappa shape index (κ3) is 3.47. The number of benzene rings is 1. The van der Waals surface area contributed by atoms with Gasteiger partial charge in [0, 0.05) is 31.4 Å². The predicted octanol–water partition coefficient (Wildman–Crippen LogP) is 2.20.